The van der Waals surface area contributed by atoms with E-state index < -0.39 is 0 Å². The van der Waals surface area contributed by atoms with Crippen molar-refractivity contribution in [3.63, 3.8) is 0 Å². The zero-order chi connectivity index (χ0) is 13.2. The summed E-state index contributed by atoms with van der Waals surface area (Å²) in [6.45, 7) is 0.306. The molecule has 0 radical (unpaired) electrons. The number of rotatable bonds is 3. The molecule has 2 aromatic rings. The lowest BCUT2D eigenvalue weighted by molar-refractivity contribution is 0.179. The number of fused-ring (bicyclic) bond motifs is 1. The SMILES string of the molecule is COCc1c(C#N)nnn1-c1nc2c(s1)CCCC2. The van der Waals surface area contributed by atoms with E-state index in [0.717, 1.165) is 18.0 Å². The Morgan fingerprint density at radius 1 is 1.42 bits per heavy atom. The number of aromatic nitrogens is 4. The van der Waals surface area contributed by atoms with Crippen LogP contribution in [0, 0.1) is 11.3 Å². The molecule has 0 bridgehead atoms. The summed E-state index contributed by atoms with van der Waals surface area (Å²) in [5, 5.41) is 17.7. The third-order valence-electron chi connectivity index (χ3n) is 3.17. The Balaban J connectivity index is 2.04. The lowest BCUT2D eigenvalue weighted by Gasteiger charge is -2.06. The number of aryl methyl sites for hydroxylation is 2. The Morgan fingerprint density at radius 3 is 3.00 bits per heavy atom. The van der Waals surface area contributed by atoms with Gasteiger partial charge in [-0.1, -0.05) is 16.6 Å². The van der Waals surface area contributed by atoms with Crippen molar-refractivity contribution in [2.24, 2.45) is 0 Å². The molecule has 6 nitrogen and oxygen atoms in total. The van der Waals surface area contributed by atoms with Crippen LogP contribution in [0.3, 0.4) is 0 Å². The number of nitriles is 1. The molecule has 2 heterocycles. The second kappa shape index (κ2) is 5.07. The molecule has 0 saturated carbocycles. The van der Waals surface area contributed by atoms with Crippen LogP contribution in [0.2, 0.25) is 0 Å². The van der Waals surface area contributed by atoms with Crippen LogP contribution >= 0.6 is 11.3 Å². The predicted octanol–water partition coefficient (Wildman–Crippen LogP) is 1.62. The molecular weight excluding hydrogens is 262 g/mol. The Kier molecular flexibility index (Phi) is 3.27. The van der Waals surface area contributed by atoms with Gasteiger partial charge in [-0.25, -0.2) is 4.98 Å². The molecule has 7 heteroatoms. The van der Waals surface area contributed by atoms with Gasteiger partial charge in [-0.2, -0.15) is 9.94 Å². The molecule has 1 aliphatic carbocycles. The number of hydrogen-bond acceptors (Lipinski definition) is 6. The molecule has 0 N–H and O–H groups in total. The number of hydrogen-bond donors (Lipinski definition) is 0. The molecule has 0 atom stereocenters. The molecule has 0 unspecified atom stereocenters. The van der Waals surface area contributed by atoms with Crippen LogP contribution in [-0.4, -0.2) is 27.1 Å². The average Bonchev–Trinajstić information content (AvgIpc) is 3.01. The maximum absolute atomic E-state index is 9.03. The van der Waals surface area contributed by atoms with E-state index >= 15 is 0 Å². The van der Waals surface area contributed by atoms with Gasteiger partial charge in [0.1, 0.15) is 11.8 Å². The van der Waals surface area contributed by atoms with E-state index in [1.807, 2.05) is 6.07 Å². The van der Waals surface area contributed by atoms with E-state index in [1.54, 1.807) is 23.1 Å². The highest BCUT2D eigenvalue weighted by atomic mass is 32.1. The number of nitrogens with zero attached hydrogens (tertiary/aromatic N) is 5. The van der Waals surface area contributed by atoms with Gasteiger partial charge in [0.2, 0.25) is 5.13 Å². The fourth-order valence-corrected chi connectivity index (χ4v) is 3.36. The van der Waals surface area contributed by atoms with Crippen molar-refractivity contribution in [3.05, 3.63) is 22.0 Å². The first-order valence-electron chi connectivity index (χ1n) is 6.16. The Morgan fingerprint density at radius 2 is 2.26 bits per heavy atom. The molecule has 1 aliphatic rings. The van der Waals surface area contributed by atoms with Crippen LogP contribution in [0.25, 0.3) is 5.13 Å². The second-order valence-electron chi connectivity index (χ2n) is 4.41. The highest BCUT2D eigenvalue weighted by Crippen LogP contribution is 2.29. The first-order chi connectivity index (χ1) is 9.33. The summed E-state index contributed by atoms with van der Waals surface area (Å²) in [6.07, 6.45) is 4.54. The van der Waals surface area contributed by atoms with E-state index in [2.05, 4.69) is 15.3 Å². The quantitative estimate of drug-likeness (QED) is 0.850. The van der Waals surface area contributed by atoms with E-state index in [9.17, 15) is 0 Å². The maximum Gasteiger partial charge on any atom is 0.212 e. The van der Waals surface area contributed by atoms with Crippen molar-refractivity contribution in [3.8, 4) is 11.2 Å². The summed E-state index contributed by atoms with van der Waals surface area (Å²) >= 11 is 1.64. The number of ether oxygens (including phenoxy) is 1. The molecule has 0 spiro atoms. The summed E-state index contributed by atoms with van der Waals surface area (Å²) in [4.78, 5) is 5.96. The molecule has 3 rings (SSSR count). The lowest BCUT2D eigenvalue weighted by Crippen LogP contribution is -2.04. The van der Waals surface area contributed by atoms with Crippen molar-refractivity contribution in [1.29, 1.82) is 5.26 Å². The zero-order valence-corrected chi connectivity index (χ0v) is 11.4. The molecule has 0 aromatic carbocycles. The number of methoxy groups -OCH3 is 1. The molecule has 0 fully saturated rings. The second-order valence-corrected chi connectivity index (χ2v) is 5.48. The van der Waals surface area contributed by atoms with Gasteiger partial charge < -0.3 is 4.74 Å². The highest BCUT2D eigenvalue weighted by molar-refractivity contribution is 7.14. The standard InChI is InChI=1S/C12H13N5OS/c1-18-7-10-9(6-13)15-16-17(10)12-14-8-4-2-3-5-11(8)19-12/h2-5,7H2,1H3. The van der Waals surface area contributed by atoms with Gasteiger partial charge in [-0.3, -0.25) is 0 Å². The van der Waals surface area contributed by atoms with Crippen LogP contribution in [0.1, 0.15) is 34.8 Å². The largest absolute Gasteiger partial charge is 0.378 e. The minimum atomic E-state index is 0.301. The molecular formula is C12H13N5OS. The summed E-state index contributed by atoms with van der Waals surface area (Å²) < 4.78 is 6.75. The van der Waals surface area contributed by atoms with Crippen LogP contribution < -0.4 is 0 Å². The summed E-state index contributed by atoms with van der Waals surface area (Å²) in [7, 11) is 1.59. The lowest BCUT2D eigenvalue weighted by atomic mass is 10.0. The van der Waals surface area contributed by atoms with E-state index in [4.69, 9.17) is 10.00 Å². The summed E-state index contributed by atoms with van der Waals surface area (Å²) in [6, 6.07) is 2.03. The monoisotopic (exact) mass is 275 g/mol. The van der Waals surface area contributed by atoms with Crippen LogP contribution in [0.15, 0.2) is 0 Å². The third kappa shape index (κ3) is 2.13. The van der Waals surface area contributed by atoms with Crippen LogP contribution in [0.4, 0.5) is 0 Å². The van der Waals surface area contributed by atoms with Crippen molar-refractivity contribution in [2.45, 2.75) is 32.3 Å². The maximum atomic E-state index is 9.03. The predicted molar refractivity (Wildman–Crippen MR) is 69.1 cm³/mol. The van der Waals surface area contributed by atoms with Gasteiger partial charge in [0.05, 0.1) is 12.3 Å². The van der Waals surface area contributed by atoms with Gasteiger partial charge in [0.25, 0.3) is 0 Å². The van der Waals surface area contributed by atoms with Gasteiger partial charge in [-0.05, 0) is 25.7 Å². The minimum Gasteiger partial charge on any atom is -0.378 e. The topological polar surface area (TPSA) is 76.6 Å². The van der Waals surface area contributed by atoms with Gasteiger partial charge in [0, 0.05) is 12.0 Å². The average molecular weight is 275 g/mol. The molecule has 2 aromatic heterocycles. The summed E-state index contributed by atoms with van der Waals surface area (Å²) in [5.41, 5.74) is 2.13. The fraction of sp³-hybridized carbons (Fsp3) is 0.500. The first kappa shape index (κ1) is 12.3. The molecule has 98 valence electrons. The van der Waals surface area contributed by atoms with Crippen molar-refractivity contribution < 1.29 is 4.74 Å². The zero-order valence-electron chi connectivity index (χ0n) is 10.6. The van der Waals surface area contributed by atoms with Gasteiger partial charge in [0.15, 0.2) is 5.69 Å². The fourth-order valence-electron chi connectivity index (χ4n) is 2.24. The minimum absolute atomic E-state index is 0.301. The Labute approximate surface area is 114 Å². The molecule has 0 aliphatic heterocycles. The van der Waals surface area contributed by atoms with Gasteiger partial charge in [-0.15, -0.1) is 5.10 Å². The Bertz CT molecular complexity index is 616. The van der Waals surface area contributed by atoms with Crippen LogP contribution in [0.5, 0.6) is 0 Å². The van der Waals surface area contributed by atoms with E-state index in [1.165, 1.54) is 23.4 Å². The van der Waals surface area contributed by atoms with Crippen molar-refractivity contribution in [2.75, 3.05) is 7.11 Å². The van der Waals surface area contributed by atoms with Crippen molar-refractivity contribution in [1.82, 2.24) is 20.0 Å². The van der Waals surface area contributed by atoms with E-state index in [-0.39, 0.29) is 0 Å². The van der Waals surface area contributed by atoms with Crippen LogP contribution in [-0.2, 0) is 24.2 Å². The summed E-state index contributed by atoms with van der Waals surface area (Å²) in [5.74, 6) is 0. The molecule has 0 saturated heterocycles. The third-order valence-corrected chi connectivity index (χ3v) is 4.30. The number of thiazole rings is 1. The van der Waals surface area contributed by atoms with Crippen molar-refractivity contribution >= 4 is 11.3 Å². The first-order valence-corrected chi connectivity index (χ1v) is 6.97. The molecule has 19 heavy (non-hydrogen) atoms. The normalized spacial score (nSPS) is 14.1. The van der Waals surface area contributed by atoms with Gasteiger partial charge >= 0.3 is 0 Å². The molecule has 0 amide bonds. The van der Waals surface area contributed by atoms with E-state index in [0.29, 0.717) is 18.0 Å². The highest BCUT2D eigenvalue weighted by Gasteiger charge is 2.20. The Hall–Kier alpha value is -1.78. The smallest absolute Gasteiger partial charge is 0.212 e.